The first-order chi connectivity index (χ1) is 11.4. The largest absolute Gasteiger partial charge is 0.481 e. The Morgan fingerprint density at radius 3 is 2.17 bits per heavy atom. The van der Waals surface area contributed by atoms with Crippen LogP contribution < -0.4 is 5.73 Å². The minimum atomic E-state index is -1.94. The monoisotopic (exact) mass is 331 g/mol. The second kappa shape index (κ2) is 7.72. The zero-order chi connectivity index (χ0) is 17.7. The highest BCUT2D eigenvalue weighted by Gasteiger charge is 2.27. The predicted molar refractivity (Wildman–Crippen MR) is 88.3 cm³/mol. The van der Waals surface area contributed by atoms with E-state index in [0.717, 1.165) is 0 Å². The second-order valence-electron chi connectivity index (χ2n) is 5.41. The summed E-state index contributed by atoms with van der Waals surface area (Å²) >= 11 is 0. The maximum atomic E-state index is 13.0. The van der Waals surface area contributed by atoms with Gasteiger partial charge in [-0.25, -0.2) is 4.39 Å². The molecule has 1 unspecified atom stereocenters. The van der Waals surface area contributed by atoms with Crippen LogP contribution in [0.25, 0.3) is 6.08 Å². The Morgan fingerprint density at radius 2 is 1.67 bits per heavy atom. The first-order valence-corrected chi connectivity index (χ1v) is 7.27. The molecule has 0 fully saturated rings. The SMILES string of the molecule is Nc1ccc(CC(C(=O)O)/C(=C/c2ccc(F)cc2)C(O)O)cc1. The van der Waals surface area contributed by atoms with E-state index in [1.165, 1.54) is 30.3 Å². The van der Waals surface area contributed by atoms with Crippen LogP contribution in [0.2, 0.25) is 0 Å². The fourth-order valence-electron chi connectivity index (χ4n) is 2.34. The van der Waals surface area contributed by atoms with Crippen molar-refractivity contribution in [2.75, 3.05) is 5.73 Å². The number of carbonyl (C=O) groups is 1. The van der Waals surface area contributed by atoms with Crippen LogP contribution in [0.5, 0.6) is 0 Å². The molecule has 126 valence electrons. The molecule has 0 aromatic heterocycles. The number of anilines is 1. The molecule has 6 heteroatoms. The first-order valence-electron chi connectivity index (χ1n) is 7.27. The van der Waals surface area contributed by atoms with E-state index in [1.54, 1.807) is 24.3 Å². The predicted octanol–water partition coefficient (Wildman–Crippen LogP) is 2.05. The van der Waals surface area contributed by atoms with Gasteiger partial charge in [0.1, 0.15) is 5.82 Å². The summed E-state index contributed by atoms with van der Waals surface area (Å²) < 4.78 is 13.0. The fraction of sp³-hybridized carbons (Fsp3) is 0.167. The Bertz CT molecular complexity index is 724. The number of hydrogen-bond donors (Lipinski definition) is 4. The van der Waals surface area contributed by atoms with Crippen molar-refractivity contribution in [2.45, 2.75) is 12.7 Å². The van der Waals surface area contributed by atoms with Crippen LogP contribution >= 0.6 is 0 Å². The number of aliphatic hydroxyl groups excluding tert-OH is 1. The number of aliphatic hydroxyl groups is 2. The highest BCUT2D eigenvalue weighted by atomic mass is 19.1. The van der Waals surface area contributed by atoms with E-state index in [4.69, 9.17) is 5.73 Å². The summed E-state index contributed by atoms with van der Waals surface area (Å²) in [5, 5.41) is 28.7. The zero-order valence-corrected chi connectivity index (χ0v) is 12.8. The Kier molecular flexibility index (Phi) is 5.68. The van der Waals surface area contributed by atoms with E-state index in [1.807, 2.05) is 0 Å². The molecule has 5 N–H and O–H groups in total. The van der Waals surface area contributed by atoms with E-state index < -0.39 is 24.0 Å². The Labute approximate surface area is 138 Å². The second-order valence-corrected chi connectivity index (χ2v) is 5.41. The third-order valence-corrected chi connectivity index (χ3v) is 3.62. The summed E-state index contributed by atoms with van der Waals surface area (Å²) in [6.07, 6.45) is -0.523. The number of carboxylic acid groups (broad SMARTS) is 1. The fourth-order valence-corrected chi connectivity index (χ4v) is 2.34. The van der Waals surface area contributed by atoms with Gasteiger partial charge in [-0.15, -0.1) is 0 Å². The lowest BCUT2D eigenvalue weighted by atomic mass is 9.90. The summed E-state index contributed by atoms with van der Waals surface area (Å²) in [7, 11) is 0. The average Bonchev–Trinajstić information content (AvgIpc) is 2.54. The van der Waals surface area contributed by atoms with Gasteiger partial charge in [0.25, 0.3) is 0 Å². The van der Waals surface area contributed by atoms with Crippen LogP contribution in [0.1, 0.15) is 11.1 Å². The molecule has 0 amide bonds. The molecule has 2 rings (SSSR count). The van der Waals surface area contributed by atoms with Crippen LogP contribution in [-0.4, -0.2) is 27.6 Å². The third kappa shape index (κ3) is 4.65. The Hall–Kier alpha value is -2.70. The van der Waals surface area contributed by atoms with Crippen molar-refractivity contribution in [3.63, 3.8) is 0 Å². The topological polar surface area (TPSA) is 104 Å². The molecular weight excluding hydrogens is 313 g/mol. The van der Waals surface area contributed by atoms with Gasteiger partial charge in [0.05, 0.1) is 5.92 Å². The van der Waals surface area contributed by atoms with Gasteiger partial charge in [-0.05, 0) is 47.9 Å². The summed E-state index contributed by atoms with van der Waals surface area (Å²) in [4.78, 5) is 11.6. The van der Waals surface area contributed by atoms with Crippen molar-refractivity contribution in [1.29, 1.82) is 0 Å². The minimum absolute atomic E-state index is 0.0697. The van der Waals surface area contributed by atoms with Crippen molar-refractivity contribution in [3.8, 4) is 0 Å². The Balaban J connectivity index is 2.35. The van der Waals surface area contributed by atoms with Crippen molar-refractivity contribution < 1.29 is 24.5 Å². The molecular formula is C18H18FNO4. The maximum Gasteiger partial charge on any atom is 0.311 e. The molecule has 1 atom stereocenters. The summed E-state index contributed by atoms with van der Waals surface area (Å²) in [6, 6.07) is 11.9. The van der Waals surface area contributed by atoms with E-state index in [-0.39, 0.29) is 12.0 Å². The molecule has 0 saturated carbocycles. The van der Waals surface area contributed by atoms with Crippen molar-refractivity contribution in [2.24, 2.45) is 5.92 Å². The van der Waals surface area contributed by atoms with Crippen LogP contribution in [0, 0.1) is 11.7 Å². The number of nitrogens with two attached hydrogens (primary N) is 1. The lowest BCUT2D eigenvalue weighted by molar-refractivity contribution is -0.141. The maximum absolute atomic E-state index is 13.0. The smallest absolute Gasteiger partial charge is 0.311 e. The summed E-state index contributed by atoms with van der Waals surface area (Å²) in [5.74, 6) is -2.76. The molecule has 0 saturated heterocycles. The molecule has 2 aromatic rings. The first kappa shape index (κ1) is 17.7. The molecule has 0 radical (unpaired) electrons. The molecule has 0 spiro atoms. The van der Waals surface area contributed by atoms with E-state index in [9.17, 15) is 24.5 Å². The number of benzene rings is 2. The number of rotatable bonds is 6. The molecule has 0 aliphatic carbocycles. The van der Waals surface area contributed by atoms with Gasteiger partial charge in [0.15, 0.2) is 6.29 Å². The summed E-state index contributed by atoms with van der Waals surface area (Å²) in [6.45, 7) is 0. The van der Waals surface area contributed by atoms with Crippen LogP contribution in [0.3, 0.4) is 0 Å². The van der Waals surface area contributed by atoms with E-state index in [0.29, 0.717) is 16.8 Å². The van der Waals surface area contributed by atoms with Gasteiger partial charge in [0, 0.05) is 11.3 Å². The molecule has 0 heterocycles. The zero-order valence-electron chi connectivity index (χ0n) is 12.8. The third-order valence-electron chi connectivity index (χ3n) is 3.62. The molecule has 0 bridgehead atoms. The van der Waals surface area contributed by atoms with Crippen molar-refractivity contribution >= 4 is 17.7 Å². The van der Waals surface area contributed by atoms with Crippen molar-refractivity contribution in [3.05, 3.63) is 71.0 Å². The number of carboxylic acids is 1. The van der Waals surface area contributed by atoms with Crippen molar-refractivity contribution in [1.82, 2.24) is 0 Å². The van der Waals surface area contributed by atoms with Gasteiger partial charge in [-0.2, -0.15) is 0 Å². The molecule has 0 aliphatic heterocycles. The lowest BCUT2D eigenvalue weighted by Gasteiger charge is -2.18. The molecule has 2 aromatic carbocycles. The van der Waals surface area contributed by atoms with Gasteiger partial charge >= 0.3 is 5.97 Å². The van der Waals surface area contributed by atoms with Crippen LogP contribution in [0.4, 0.5) is 10.1 Å². The minimum Gasteiger partial charge on any atom is -0.481 e. The van der Waals surface area contributed by atoms with Gasteiger partial charge < -0.3 is 21.1 Å². The summed E-state index contributed by atoms with van der Waals surface area (Å²) in [5.41, 5.74) is 7.25. The van der Waals surface area contributed by atoms with Gasteiger partial charge in [-0.3, -0.25) is 4.79 Å². The lowest BCUT2D eigenvalue weighted by Crippen LogP contribution is -2.26. The highest BCUT2D eigenvalue weighted by molar-refractivity contribution is 5.77. The van der Waals surface area contributed by atoms with E-state index in [2.05, 4.69) is 0 Å². The van der Waals surface area contributed by atoms with Crippen LogP contribution in [0.15, 0.2) is 54.1 Å². The molecule has 5 nitrogen and oxygen atoms in total. The number of hydrogen-bond acceptors (Lipinski definition) is 4. The molecule has 0 aliphatic rings. The quantitative estimate of drug-likeness (QED) is 0.479. The molecule has 24 heavy (non-hydrogen) atoms. The van der Waals surface area contributed by atoms with Gasteiger partial charge in [-0.1, -0.05) is 24.3 Å². The Morgan fingerprint density at radius 1 is 1.08 bits per heavy atom. The number of aliphatic carboxylic acids is 1. The van der Waals surface area contributed by atoms with Crippen LogP contribution in [-0.2, 0) is 11.2 Å². The number of nitrogen functional groups attached to an aromatic ring is 1. The average molecular weight is 331 g/mol. The highest BCUT2D eigenvalue weighted by Crippen LogP contribution is 2.23. The van der Waals surface area contributed by atoms with E-state index >= 15 is 0 Å². The van der Waals surface area contributed by atoms with Gasteiger partial charge in [0.2, 0.25) is 0 Å². The number of halogens is 1. The normalized spacial score (nSPS) is 13.1. The standard InChI is InChI=1S/C18H18FNO4/c19-13-5-1-11(2-6-13)9-15(17(21)22)16(18(23)24)10-12-3-7-14(20)8-4-12/h1-9,16-17,21-22H,10,20H2,(H,23,24)/b15-9-.